The van der Waals surface area contributed by atoms with Gasteiger partial charge in [0.25, 0.3) is 0 Å². The largest absolute Gasteiger partial charge is 0.479 e. The summed E-state index contributed by atoms with van der Waals surface area (Å²) in [7, 11) is 0. The molecule has 5 heteroatoms. The molecule has 5 nitrogen and oxygen atoms in total. The lowest BCUT2D eigenvalue weighted by Crippen LogP contribution is -2.28. The lowest BCUT2D eigenvalue weighted by Gasteiger charge is -2.13. The van der Waals surface area contributed by atoms with Crippen molar-refractivity contribution in [3.05, 3.63) is 30.6 Å². The maximum Gasteiger partial charge on any atom is 0.334 e. The number of carbonyl (C=O) groups is 1. The molecule has 1 atom stereocenters. The highest BCUT2D eigenvalue weighted by Crippen LogP contribution is 2.13. The lowest BCUT2D eigenvalue weighted by atomic mass is 10.3. The van der Waals surface area contributed by atoms with Crippen molar-refractivity contribution < 1.29 is 14.6 Å². The van der Waals surface area contributed by atoms with Gasteiger partial charge in [-0.05, 0) is 19.1 Å². The van der Waals surface area contributed by atoms with Gasteiger partial charge in [0.05, 0.1) is 23.9 Å². The number of imidazole rings is 1. The molecule has 1 aromatic heterocycles. The third kappa shape index (κ3) is 2.45. The van der Waals surface area contributed by atoms with Crippen molar-refractivity contribution in [2.24, 2.45) is 0 Å². The van der Waals surface area contributed by atoms with Crippen LogP contribution in [0.5, 0.6) is 0 Å². The Morgan fingerprint density at radius 3 is 3.00 bits per heavy atom. The van der Waals surface area contributed by atoms with Crippen molar-refractivity contribution in [2.45, 2.75) is 19.6 Å². The molecule has 0 fully saturated rings. The van der Waals surface area contributed by atoms with Gasteiger partial charge in [0.2, 0.25) is 0 Å². The first-order valence-corrected chi connectivity index (χ1v) is 5.46. The summed E-state index contributed by atoms with van der Waals surface area (Å²) in [4.78, 5) is 15.2. The van der Waals surface area contributed by atoms with Gasteiger partial charge in [0.15, 0.2) is 6.10 Å². The SMILES string of the molecule is CCOC(Cn1cnc2ccccc21)C(=O)O. The number of hydrogen-bond acceptors (Lipinski definition) is 3. The predicted octanol–water partition coefficient (Wildman–Crippen LogP) is 1.53. The van der Waals surface area contributed by atoms with E-state index in [1.54, 1.807) is 17.8 Å². The minimum Gasteiger partial charge on any atom is -0.479 e. The Morgan fingerprint density at radius 2 is 2.29 bits per heavy atom. The Labute approximate surface area is 98.6 Å². The van der Waals surface area contributed by atoms with E-state index in [0.29, 0.717) is 6.61 Å². The second kappa shape index (κ2) is 4.97. The summed E-state index contributed by atoms with van der Waals surface area (Å²) in [6, 6.07) is 7.60. The maximum absolute atomic E-state index is 11.0. The fourth-order valence-electron chi connectivity index (χ4n) is 1.74. The number of hydrogen-bond donors (Lipinski definition) is 1. The lowest BCUT2D eigenvalue weighted by molar-refractivity contribution is -0.150. The number of ether oxygens (including phenoxy) is 1. The molecule has 90 valence electrons. The number of fused-ring (bicyclic) bond motifs is 1. The number of carboxylic acids is 1. The fraction of sp³-hybridized carbons (Fsp3) is 0.333. The molecule has 0 bridgehead atoms. The highest BCUT2D eigenvalue weighted by Gasteiger charge is 2.18. The van der Waals surface area contributed by atoms with Gasteiger partial charge in [-0.25, -0.2) is 9.78 Å². The summed E-state index contributed by atoms with van der Waals surface area (Å²) in [6.45, 7) is 2.43. The molecule has 0 aliphatic heterocycles. The van der Waals surface area contributed by atoms with Crippen LogP contribution in [-0.4, -0.2) is 33.3 Å². The third-order valence-electron chi connectivity index (χ3n) is 2.53. The quantitative estimate of drug-likeness (QED) is 0.852. The van der Waals surface area contributed by atoms with E-state index in [4.69, 9.17) is 9.84 Å². The standard InChI is InChI=1S/C12H14N2O3/c1-2-17-11(12(15)16)7-14-8-13-9-5-3-4-6-10(9)14/h3-6,8,11H,2,7H2,1H3,(H,15,16). The van der Waals surface area contributed by atoms with Gasteiger partial charge in [-0.2, -0.15) is 0 Å². The van der Waals surface area contributed by atoms with E-state index in [1.165, 1.54) is 0 Å². The topological polar surface area (TPSA) is 64.4 Å². The Morgan fingerprint density at radius 1 is 1.53 bits per heavy atom. The molecule has 0 radical (unpaired) electrons. The molecule has 0 spiro atoms. The predicted molar refractivity (Wildman–Crippen MR) is 62.8 cm³/mol. The van der Waals surface area contributed by atoms with Crippen molar-refractivity contribution in [1.29, 1.82) is 0 Å². The molecule has 0 aliphatic carbocycles. The molecule has 0 saturated carbocycles. The van der Waals surface area contributed by atoms with Crippen molar-refractivity contribution in [1.82, 2.24) is 9.55 Å². The first-order chi connectivity index (χ1) is 8.22. The monoisotopic (exact) mass is 234 g/mol. The van der Waals surface area contributed by atoms with Crippen molar-refractivity contribution in [2.75, 3.05) is 6.61 Å². The number of benzene rings is 1. The van der Waals surface area contributed by atoms with E-state index >= 15 is 0 Å². The zero-order valence-electron chi connectivity index (χ0n) is 9.54. The molecular weight excluding hydrogens is 220 g/mol. The van der Waals surface area contributed by atoms with Gasteiger partial charge in [0.1, 0.15) is 0 Å². The van der Waals surface area contributed by atoms with Crippen LogP contribution in [0.3, 0.4) is 0 Å². The van der Waals surface area contributed by atoms with Crippen molar-refractivity contribution >= 4 is 17.0 Å². The summed E-state index contributed by atoms with van der Waals surface area (Å²) < 4.78 is 6.97. The molecule has 0 saturated heterocycles. The van der Waals surface area contributed by atoms with Gasteiger partial charge in [-0.15, -0.1) is 0 Å². The second-order valence-electron chi connectivity index (χ2n) is 3.67. The van der Waals surface area contributed by atoms with E-state index in [9.17, 15) is 4.79 Å². The van der Waals surface area contributed by atoms with E-state index in [2.05, 4.69) is 4.98 Å². The second-order valence-corrected chi connectivity index (χ2v) is 3.67. The van der Waals surface area contributed by atoms with E-state index < -0.39 is 12.1 Å². The molecular formula is C12H14N2O3. The average molecular weight is 234 g/mol. The third-order valence-corrected chi connectivity index (χ3v) is 2.53. The van der Waals surface area contributed by atoms with Gasteiger partial charge in [-0.3, -0.25) is 0 Å². The van der Waals surface area contributed by atoms with E-state index in [-0.39, 0.29) is 6.54 Å². The molecule has 0 aliphatic rings. The number of nitrogens with zero attached hydrogens (tertiary/aromatic N) is 2. The Balaban J connectivity index is 2.25. The number of para-hydroxylation sites is 2. The zero-order valence-corrected chi connectivity index (χ0v) is 9.54. The summed E-state index contributed by atoms with van der Waals surface area (Å²) in [5, 5.41) is 9.02. The van der Waals surface area contributed by atoms with Crippen LogP contribution in [0.1, 0.15) is 6.92 Å². The fourth-order valence-corrected chi connectivity index (χ4v) is 1.74. The molecule has 17 heavy (non-hydrogen) atoms. The first-order valence-electron chi connectivity index (χ1n) is 5.46. The maximum atomic E-state index is 11.0. The van der Waals surface area contributed by atoms with Crippen LogP contribution in [0.4, 0.5) is 0 Å². The number of carboxylic acid groups (broad SMARTS) is 1. The average Bonchev–Trinajstić information content (AvgIpc) is 2.72. The smallest absolute Gasteiger partial charge is 0.334 e. The minimum atomic E-state index is -0.954. The van der Waals surface area contributed by atoms with Crippen LogP contribution in [0.25, 0.3) is 11.0 Å². The van der Waals surface area contributed by atoms with Gasteiger partial charge < -0.3 is 14.4 Å². The minimum absolute atomic E-state index is 0.268. The van der Waals surface area contributed by atoms with Crippen molar-refractivity contribution in [3.8, 4) is 0 Å². The van der Waals surface area contributed by atoms with Crippen LogP contribution in [0.2, 0.25) is 0 Å². The summed E-state index contributed by atoms with van der Waals surface area (Å²) in [6.07, 6.45) is 0.803. The summed E-state index contributed by atoms with van der Waals surface area (Å²) >= 11 is 0. The van der Waals surface area contributed by atoms with E-state index in [0.717, 1.165) is 11.0 Å². The molecule has 2 rings (SSSR count). The highest BCUT2D eigenvalue weighted by molar-refractivity contribution is 5.76. The Hall–Kier alpha value is -1.88. The van der Waals surface area contributed by atoms with Gasteiger partial charge in [0, 0.05) is 6.61 Å². The number of aliphatic carboxylic acids is 1. The van der Waals surface area contributed by atoms with Crippen LogP contribution in [-0.2, 0) is 16.1 Å². The molecule has 2 aromatic rings. The number of aromatic nitrogens is 2. The van der Waals surface area contributed by atoms with Gasteiger partial charge >= 0.3 is 5.97 Å². The highest BCUT2D eigenvalue weighted by atomic mass is 16.5. The summed E-state index contributed by atoms with van der Waals surface area (Å²) in [5.74, 6) is -0.954. The normalized spacial score (nSPS) is 12.8. The van der Waals surface area contributed by atoms with Crippen LogP contribution in [0.15, 0.2) is 30.6 Å². The van der Waals surface area contributed by atoms with Gasteiger partial charge in [-0.1, -0.05) is 12.1 Å². The zero-order chi connectivity index (χ0) is 12.3. The molecule has 1 heterocycles. The van der Waals surface area contributed by atoms with Crippen molar-refractivity contribution in [3.63, 3.8) is 0 Å². The van der Waals surface area contributed by atoms with Crippen LogP contribution in [0, 0.1) is 0 Å². The Bertz CT molecular complexity index is 521. The van der Waals surface area contributed by atoms with Crippen LogP contribution < -0.4 is 0 Å². The van der Waals surface area contributed by atoms with E-state index in [1.807, 2.05) is 24.3 Å². The molecule has 1 unspecified atom stereocenters. The van der Waals surface area contributed by atoms with Crippen LogP contribution >= 0.6 is 0 Å². The molecule has 1 aromatic carbocycles. The number of rotatable bonds is 5. The molecule has 0 amide bonds. The molecule has 1 N–H and O–H groups in total. The first kappa shape index (κ1) is 11.6. The summed E-state index contributed by atoms with van der Waals surface area (Å²) in [5.41, 5.74) is 1.77. The Kier molecular flexibility index (Phi) is 3.39.